The zero-order chi connectivity index (χ0) is 14.7. The van der Waals surface area contributed by atoms with Crippen molar-refractivity contribution in [3.05, 3.63) is 23.2 Å². The van der Waals surface area contributed by atoms with Crippen molar-refractivity contribution in [3.8, 4) is 0 Å². The lowest BCUT2D eigenvalue weighted by Gasteiger charge is -2.22. The Balaban J connectivity index is 1.55. The number of carbonyl (C=O) groups excluding carboxylic acids is 1. The molecule has 0 aliphatic carbocycles. The van der Waals surface area contributed by atoms with Gasteiger partial charge in [-0.05, 0) is 44.0 Å². The third-order valence-electron chi connectivity index (χ3n) is 3.73. The van der Waals surface area contributed by atoms with Gasteiger partial charge in [-0.15, -0.1) is 0 Å². The molecule has 0 radical (unpaired) electrons. The van der Waals surface area contributed by atoms with Crippen LogP contribution in [0.5, 0.6) is 0 Å². The fraction of sp³-hybridized carbons (Fsp3) is 0.467. The van der Waals surface area contributed by atoms with Crippen molar-refractivity contribution in [1.82, 2.24) is 10.3 Å². The van der Waals surface area contributed by atoms with Gasteiger partial charge in [0.15, 0.2) is 5.13 Å². The highest BCUT2D eigenvalue weighted by atomic mass is 35.5. The molecule has 0 bridgehead atoms. The number of benzene rings is 1. The van der Waals surface area contributed by atoms with Gasteiger partial charge in [-0.2, -0.15) is 0 Å². The molecule has 112 valence electrons. The van der Waals surface area contributed by atoms with Crippen LogP contribution >= 0.6 is 22.9 Å². The third-order valence-corrected chi connectivity index (χ3v) is 4.90. The van der Waals surface area contributed by atoms with Crippen molar-refractivity contribution < 1.29 is 4.79 Å². The minimum absolute atomic E-state index is 0.0347. The van der Waals surface area contributed by atoms with E-state index in [0.717, 1.165) is 23.2 Å². The normalized spacial score (nSPS) is 18.8. The first-order valence-electron chi connectivity index (χ1n) is 7.30. The Labute approximate surface area is 132 Å². The van der Waals surface area contributed by atoms with E-state index in [0.29, 0.717) is 22.6 Å². The first-order valence-corrected chi connectivity index (χ1v) is 8.49. The number of piperidine rings is 1. The maximum absolute atomic E-state index is 12.0. The van der Waals surface area contributed by atoms with Crippen LogP contribution in [0, 0.1) is 0 Å². The summed E-state index contributed by atoms with van der Waals surface area (Å²) in [4.78, 5) is 16.4. The molecule has 1 aliphatic rings. The molecule has 4 nitrogen and oxygen atoms in total. The monoisotopic (exact) mass is 323 g/mol. The second kappa shape index (κ2) is 6.73. The van der Waals surface area contributed by atoms with Crippen molar-refractivity contribution in [2.45, 2.75) is 38.1 Å². The molecule has 2 N–H and O–H groups in total. The Morgan fingerprint density at radius 1 is 1.48 bits per heavy atom. The fourth-order valence-electron chi connectivity index (χ4n) is 2.61. The van der Waals surface area contributed by atoms with E-state index in [1.807, 2.05) is 18.2 Å². The van der Waals surface area contributed by atoms with Gasteiger partial charge in [-0.3, -0.25) is 4.79 Å². The molecule has 0 saturated carbocycles. The average molecular weight is 324 g/mol. The molecule has 1 aromatic carbocycles. The summed E-state index contributed by atoms with van der Waals surface area (Å²) in [5.74, 6) is 0.0347. The Morgan fingerprint density at radius 2 is 2.38 bits per heavy atom. The summed E-state index contributed by atoms with van der Waals surface area (Å²) < 4.78 is 0.992. The number of thiazole rings is 1. The summed E-state index contributed by atoms with van der Waals surface area (Å²) in [6.45, 7) is 1.07. The molecule has 1 aliphatic heterocycles. The number of carbonyl (C=O) groups is 1. The Morgan fingerprint density at radius 3 is 3.19 bits per heavy atom. The average Bonchev–Trinajstić information content (AvgIpc) is 2.87. The number of hydrogen-bond acceptors (Lipinski definition) is 4. The van der Waals surface area contributed by atoms with Crippen LogP contribution in [0.4, 0.5) is 5.13 Å². The van der Waals surface area contributed by atoms with Crippen LogP contribution in [0.1, 0.15) is 32.1 Å². The maximum Gasteiger partial charge on any atom is 0.226 e. The first kappa shape index (κ1) is 14.8. The van der Waals surface area contributed by atoms with E-state index in [4.69, 9.17) is 11.6 Å². The predicted molar refractivity (Wildman–Crippen MR) is 88.1 cm³/mol. The molecule has 1 unspecified atom stereocenters. The molecule has 6 heteroatoms. The van der Waals surface area contributed by atoms with Gasteiger partial charge in [0.1, 0.15) is 0 Å². The fourth-order valence-corrected chi connectivity index (χ4v) is 3.77. The van der Waals surface area contributed by atoms with Gasteiger partial charge in [0.25, 0.3) is 0 Å². The summed E-state index contributed by atoms with van der Waals surface area (Å²) in [6, 6.07) is 6.04. The van der Waals surface area contributed by atoms with E-state index >= 15 is 0 Å². The molecule has 2 aromatic rings. The molecular formula is C15H18ClN3OS. The van der Waals surface area contributed by atoms with Crippen LogP contribution in [0.15, 0.2) is 18.2 Å². The van der Waals surface area contributed by atoms with E-state index in [9.17, 15) is 4.79 Å². The maximum atomic E-state index is 12.0. The number of hydrogen-bond donors (Lipinski definition) is 2. The summed E-state index contributed by atoms with van der Waals surface area (Å²) in [5.41, 5.74) is 0.869. The molecular weight excluding hydrogens is 306 g/mol. The van der Waals surface area contributed by atoms with Crippen LogP contribution in [0.25, 0.3) is 10.2 Å². The van der Waals surface area contributed by atoms with Crippen LogP contribution < -0.4 is 10.6 Å². The number of anilines is 1. The molecule has 1 amide bonds. The van der Waals surface area contributed by atoms with Gasteiger partial charge in [0.05, 0.1) is 10.2 Å². The quantitative estimate of drug-likeness (QED) is 0.899. The highest BCUT2D eigenvalue weighted by Crippen LogP contribution is 2.28. The van der Waals surface area contributed by atoms with Crippen molar-refractivity contribution in [1.29, 1.82) is 0 Å². The van der Waals surface area contributed by atoms with Gasteiger partial charge in [-0.1, -0.05) is 29.4 Å². The SMILES string of the molecule is O=C(CCC1CCCCN1)Nc1nc2ccc(Cl)cc2s1. The number of amides is 1. The van der Waals surface area contributed by atoms with Crippen molar-refractivity contribution in [3.63, 3.8) is 0 Å². The molecule has 2 heterocycles. The van der Waals surface area contributed by atoms with Gasteiger partial charge < -0.3 is 10.6 Å². The lowest BCUT2D eigenvalue weighted by Crippen LogP contribution is -2.34. The topological polar surface area (TPSA) is 54.0 Å². The highest BCUT2D eigenvalue weighted by Gasteiger charge is 2.15. The Hall–Kier alpha value is -1.17. The minimum Gasteiger partial charge on any atom is -0.314 e. The Bertz CT molecular complexity index is 637. The van der Waals surface area contributed by atoms with E-state index in [1.165, 1.54) is 30.6 Å². The van der Waals surface area contributed by atoms with E-state index in [-0.39, 0.29) is 5.91 Å². The molecule has 1 saturated heterocycles. The summed E-state index contributed by atoms with van der Waals surface area (Å²) in [5, 5.41) is 7.68. The summed E-state index contributed by atoms with van der Waals surface area (Å²) >= 11 is 7.41. The zero-order valence-corrected chi connectivity index (χ0v) is 13.3. The van der Waals surface area contributed by atoms with Gasteiger partial charge in [0.2, 0.25) is 5.91 Å². The van der Waals surface area contributed by atoms with Crippen LogP contribution in [0.2, 0.25) is 5.02 Å². The largest absolute Gasteiger partial charge is 0.314 e. The first-order chi connectivity index (χ1) is 10.2. The standard InChI is InChI=1S/C15H18ClN3OS/c16-10-4-6-12-13(9-10)21-15(18-12)19-14(20)7-5-11-3-1-2-8-17-11/h4,6,9,11,17H,1-3,5,7-8H2,(H,18,19,20). The minimum atomic E-state index is 0.0347. The van der Waals surface area contributed by atoms with Crippen LogP contribution in [0.3, 0.4) is 0 Å². The van der Waals surface area contributed by atoms with Crippen molar-refractivity contribution in [2.24, 2.45) is 0 Å². The van der Waals surface area contributed by atoms with Gasteiger partial charge in [0, 0.05) is 17.5 Å². The third kappa shape index (κ3) is 3.93. The molecule has 21 heavy (non-hydrogen) atoms. The lowest BCUT2D eigenvalue weighted by molar-refractivity contribution is -0.116. The predicted octanol–water partition coefficient (Wildman–Crippen LogP) is 3.81. The summed E-state index contributed by atoms with van der Waals surface area (Å²) in [7, 11) is 0. The van der Waals surface area contributed by atoms with Crippen LogP contribution in [-0.2, 0) is 4.79 Å². The second-order valence-corrected chi connectivity index (χ2v) is 6.83. The second-order valence-electron chi connectivity index (χ2n) is 5.36. The zero-order valence-electron chi connectivity index (χ0n) is 11.7. The number of halogens is 1. The van der Waals surface area contributed by atoms with Crippen molar-refractivity contribution in [2.75, 3.05) is 11.9 Å². The number of nitrogens with one attached hydrogen (secondary N) is 2. The number of aromatic nitrogens is 1. The molecule has 1 fully saturated rings. The van der Waals surface area contributed by atoms with E-state index in [2.05, 4.69) is 15.6 Å². The summed E-state index contributed by atoms with van der Waals surface area (Å²) in [6.07, 6.45) is 5.11. The van der Waals surface area contributed by atoms with Crippen LogP contribution in [-0.4, -0.2) is 23.5 Å². The van der Waals surface area contributed by atoms with Gasteiger partial charge >= 0.3 is 0 Å². The van der Waals surface area contributed by atoms with E-state index in [1.54, 1.807) is 0 Å². The smallest absolute Gasteiger partial charge is 0.226 e. The highest BCUT2D eigenvalue weighted by molar-refractivity contribution is 7.22. The van der Waals surface area contributed by atoms with E-state index < -0.39 is 0 Å². The molecule has 0 spiro atoms. The number of rotatable bonds is 4. The number of nitrogens with zero attached hydrogens (tertiary/aromatic N) is 1. The lowest BCUT2D eigenvalue weighted by atomic mass is 10.0. The number of fused-ring (bicyclic) bond motifs is 1. The molecule has 3 rings (SSSR count). The Kier molecular flexibility index (Phi) is 4.73. The van der Waals surface area contributed by atoms with Gasteiger partial charge in [-0.25, -0.2) is 4.98 Å². The molecule has 1 atom stereocenters. The van der Waals surface area contributed by atoms with Crippen molar-refractivity contribution >= 4 is 44.2 Å². The molecule has 1 aromatic heterocycles.